The number of sulfonamides is 1. The molecule has 22 heavy (non-hydrogen) atoms. The van der Waals surface area contributed by atoms with Crippen molar-refractivity contribution in [2.75, 3.05) is 7.05 Å². The molecule has 0 radical (unpaired) electrons. The maximum atomic E-state index is 12.2. The zero-order chi connectivity index (χ0) is 16.9. The normalized spacial score (nSPS) is 12.9. The lowest BCUT2D eigenvalue weighted by molar-refractivity contribution is -0.139. The molecular formula is C14H20N2O5S. The molecule has 0 fully saturated rings. The summed E-state index contributed by atoms with van der Waals surface area (Å²) in [6.45, 7) is 3.62. The van der Waals surface area contributed by atoms with Crippen molar-refractivity contribution in [2.45, 2.75) is 31.2 Å². The van der Waals surface area contributed by atoms with Crippen molar-refractivity contribution in [3.05, 3.63) is 29.8 Å². The molecule has 0 aliphatic rings. The fraction of sp³-hybridized carbons (Fsp3) is 0.429. The van der Waals surface area contributed by atoms with E-state index in [4.69, 9.17) is 5.11 Å². The van der Waals surface area contributed by atoms with E-state index in [0.717, 1.165) is 0 Å². The van der Waals surface area contributed by atoms with Crippen LogP contribution in [0, 0.1) is 5.92 Å². The number of carbonyl (C=O) groups is 2. The number of rotatable bonds is 7. The number of hydrogen-bond donors (Lipinski definition) is 3. The molecule has 3 N–H and O–H groups in total. The number of carbonyl (C=O) groups excluding carboxylic acids is 1. The number of aliphatic carboxylic acids is 1. The Bertz CT molecular complexity index is 638. The summed E-state index contributed by atoms with van der Waals surface area (Å²) in [7, 11) is -2.49. The van der Waals surface area contributed by atoms with Gasteiger partial charge in [-0.3, -0.25) is 9.59 Å². The highest BCUT2D eigenvalue weighted by Crippen LogP contribution is 2.13. The maximum Gasteiger partial charge on any atom is 0.321 e. The van der Waals surface area contributed by atoms with Crippen molar-refractivity contribution in [3.8, 4) is 0 Å². The number of carboxylic acids is 1. The molecule has 7 nitrogen and oxygen atoms in total. The molecule has 1 amide bonds. The summed E-state index contributed by atoms with van der Waals surface area (Å²) in [5.41, 5.74) is 0.318. The summed E-state index contributed by atoms with van der Waals surface area (Å²) in [4.78, 5) is 22.5. The maximum absolute atomic E-state index is 12.2. The number of hydrogen-bond acceptors (Lipinski definition) is 4. The Hall–Kier alpha value is -1.93. The Balaban J connectivity index is 2.98. The predicted molar refractivity (Wildman–Crippen MR) is 81.0 cm³/mol. The molecule has 1 aromatic carbocycles. The van der Waals surface area contributed by atoms with E-state index in [-0.39, 0.29) is 23.1 Å². The molecule has 1 atom stereocenters. The van der Waals surface area contributed by atoms with Gasteiger partial charge < -0.3 is 10.4 Å². The van der Waals surface area contributed by atoms with Crippen LogP contribution in [0.15, 0.2) is 29.2 Å². The summed E-state index contributed by atoms with van der Waals surface area (Å²) in [5, 5.41) is 11.5. The minimum absolute atomic E-state index is 0.0272. The van der Waals surface area contributed by atoms with Gasteiger partial charge in [0.25, 0.3) is 5.91 Å². The third kappa shape index (κ3) is 4.81. The molecule has 1 rings (SSSR count). The minimum atomic E-state index is -3.96. The Kier molecular flexibility index (Phi) is 6.07. The average molecular weight is 328 g/mol. The highest BCUT2D eigenvalue weighted by Gasteiger charge is 2.26. The van der Waals surface area contributed by atoms with Gasteiger partial charge in [0.05, 0.1) is 4.90 Å². The van der Waals surface area contributed by atoms with Gasteiger partial charge in [-0.05, 0) is 36.6 Å². The smallest absolute Gasteiger partial charge is 0.321 e. The SMILES string of the molecule is CNC(=O)c1ccc(S(=O)(=O)NC(CC(C)C)C(=O)O)cc1. The van der Waals surface area contributed by atoms with Crippen LogP contribution in [-0.4, -0.2) is 38.5 Å². The van der Waals surface area contributed by atoms with E-state index >= 15 is 0 Å². The second-order valence-corrected chi connectivity index (χ2v) is 6.96. The average Bonchev–Trinajstić information content (AvgIpc) is 2.45. The van der Waals surface area contributed by atoms with Crippen LogP contribution in [0.3, 0.4) is 0 Å². The van der Waals surface area contributed by atoms with Crippen molar-refractivity contribution in [1.29, 1.82) is 0 Å². The summed E-state index contributed by atoms with van der Waals surface area (Å²) in [6.07, 6.45) is 0.185. The zero-order valence-corrected chi connectivity index (χ0v) is 13.5. The fourth-order valence-corrected chi connectivity index (χ4v) is 3.06. The van der Waals surface area contributed by atoms with Crippen LogP contribution in [0.2, 0.25) is 0 Å². The molecule has 1 unspecified atom stereocenters. The van der Waals surface area contributed by atoms with Gasteiger partial charge in [0.1, 0.15) is 6.04 Å². The van der Waals surface area contributed by atoms with Crippen LogP contribution in [0.5, 0.6) is 0 Å². The van der Waals surface area contributed by atoms with E-state index in [9.17, 15) is 18.0 Å². The fourth-order valence-electron chi connectivity index (χ4n) is 1.86. The Morgan fingerprint density at radius 1 is 1.18 bits per heavy atom. The van der Waals surface area contributed by atoms with Crippen LogP contribution in [-0.2, 0) is 14.8 Å². The second kappa shape index (κ2) is 7.37. The number of nitrogens with one attached hydrogen (secondary N) is 2. The Labute approximate surface area is 129 Å². The molecule has 0 aromatic heterocycles. The lowest BCUT2D eigenvalue weighted by Gasteiger charge is -2.16. The first-order valence-corrected chi connectivity index (χ1v) is 8.23. The first kappa shape index (κ1) is 18.1. The quantitative estimate of drug-likeness (QED) is 0.686. The second-order valence-electron chi connectivity index (χ2n) is 5.25. The first-order chi connectivity index (χ1) is 10.2. The van der Waals surface area contributed by atoms with Gasteiger partial charge >= 0.3 is 5.97 Å². The third-order valence-corrected chi connectivity index (χ3v) is 4.44. The van der Waals surface area contributed by atoms with E-state index in [1.807, 2.05) is 13.8 Å². The van der Waals surface area contributed by atoms with E-state index in [2.05, 4.69) is 10.0 Å². The topological polar surface area (TPSA) is 113 Å². The van der Waals surface area contributed by atoms with Gasteiger partial charge in [0.15, 0.2) is 0 Å². The molecule has 0 aliphatic carbocycles. The Morgan fingerprint density at radius 2 is 1.73 bits per heavy atom. The molecule has 122 valence electrons. The lowest BCUT2D eigenvalue weighted by Crippen LogP contribution is -2.41. The predicted octanol–water partition coefficient (Wildman–Crippen LogP) is 0.824. The van der Waals surface area contributed by atoms with Crippen molar-refractivity contribution in [1.82, 2.24) is 10.0 Å². The highest BCUT2D eigenvalue weighted by atomic mass is 32.2. The molecule has 0 aliphatic heterocycles. The van der Waals surface area contributed by atoms with Crippen LogP contribution in [0.1, 0.15) is 30.6 Å². The molecular weight excluding hydrogens is 308 g/mol. The highest BCUT2D eigenvalue weighted by molar-refractivity contribution is 7.89. The van der Waals surface area contributed by atoms with Crippen LogP contribution < -0.4 is 10.0 Å². The summed E-state index contributed by atoms with van der Waals surface area (Å²) >= 11 is 0. The van der Waals surface area contributed by atoms with Crippen LogP contribution in [0.25, 0.3) is 0 Å². The number of carboxylic acid groups (broad SMARTS) is 1. The molecule has 0 heterocycles. The minimum Gasteiger partial charge on any atom is -0.480 e. The van der Waals surface area contributed by atoms with E-state index in [1.54, 1.807) is 0 Å². The largest absolute Gasteiger partial charge is 0.480 e. The third-order valence-electron chi connectivity index (χ3n) is 2.96. The van der Waals surface area contributed by atoms with E-state index < -0.39 is 22.0 Å². The molecule has 0 saturated carbocycles. The van der Waals surface area contributed by atoms with Crippen molar-refractivity contribution < 1.29 is 23.1 Å². The number of benzene rings is 1. The van der Waals surface area contributed by atoms with Gasteiger partial charge in [-0.25, -0.2) is 8.42 Å². The Morgan fingerprint density at radius 3 is 2.14 bits per heavy atom. The first-order valence-electron chi connectivity index (χ1n) is 6.74. The van der Waals surface area contributed by atoms with Crippen LogP contribution >= 0.6 is 0 Å². The van der Waals surface area contributed by atoms with Crippen molar-refractivity contribution in [3.63, 3.8) is 0 Å². The summed E-state index contributed by atoms with van der Waals surface area (Å²) < 4.78 is 26.6. The van der Waals surface area contributed by atoms with E-state index in [0.29, 0.717) is 5.56 Å². The van der Waals surface area contributed by atoms with Gasteiger partial charge in [0, 0.05) is 12.6 Å². The molecule has 0 saturated heterocycles. The van der Waals surface area contributed by atoms with Gasteiger partial charge in [-0.1, -0.05) is 13.8 Å². The lowest BCUT2D eigenvalue weighted by atomic mass is 10.1. The molecule has 8 heteroatoms. The monoisotopic (exact) mass is 328 g/mol. The number of amides is 1. The standard InChI is InChI=1S/C14H20N2O5S/c1-9(2)8-12(14(18)19)16-22(20,21)11-6-4-10(5-7-11)13(17)15-3/h4-7,9,12,16H,8H2,1-3H3,(H,15,17)(H,18,19). The van der Waals surface area contributed by atoms with Crippen molar-refractivity contribution in [2.24, 2.45) is 5.92 Å². The van der Waals surface area contributed by atoms with Crippen molar-refractivity contribution >= 4 is 21.9 Å². The van der Waals surface area contributed by atoms with E-state index in [1.165, 1.54) is 31.3 Å². The molecule has 0 spiro atoms. The van der Waals surface area contributed by atoms with Gasteiger partial charge in [0.2, 0.25) is 10.0 Å². The zero-order valence-electron chi connectivity index (χ0n) is 12.7. The van der Waals surface area contributed by atoms with Gasteiger partial charge in [-0.15, -0.1) is 0 Å². The molecule has 0 bridgehead atoms. The summed E-state index contributed by atoms with van der Waals surface area (Å²) in [6, 6.07) is 4.07. The van der Waals surface area contributed by atoms with Gasteiger partial charge in [-0.2, -0.15) is 4.72 Å². The molecule has 1 aromatic rings. The van der Waals surface area contributed by atoms with Crippen LogP contribution in [0.4, 0.5) is 0 Å². The summed E-state index contributed by atoms with van der Waals surface area (Å²) in [5.74, 6) is -1.53.